The van der Waals surface area contributed by atoms with Crippen molar-refractivity contribution in [1.82, 2.24) is 4.98 Å². The van der Waals surface area contributed by atoms with Crippen LogP contribution in [0.3, 0.4) is 0 Å². The highest BCUT2D eigenvalue weighted by Crippen LogP contribution is 2.40. The van der Waals surface area contributed by atoms with E-state index in [1.165, 1.54) is 31.4 Å². The Morgan fingerprint density at radius 3 is 2.13 bits per heavy atom. The molecule has 3 aromatic carbocycles. The monoisotopic (exact) mass is 646 g/mol. The van der Waals surface area contributed by atoms with E-state index >= 15 is 0 Å². The number of carbonyl (C=O) groups is 1. The molecule has 14 heteroatoms. The number of nitrogens with zero attached hydrogens (tertiary/aromatic N) is 3. The van der Waals surface area contributed by atoms with Gasteiger partial charge in [-0.3, -0.25) is 0 Å². The number of rotatable bonds is 9. The van der Waals surface area contributed by atoms with Crippen LogP contribution in [0.4, 0.5) is 43.4 Å². The molecule has 2 heterocycles. The molecule has 4 aromatic rings. The summed E-state index contributed by atoms with van der Waals surface area (Å²) in [5, 5.41) is 11.9. The minimum Gasteiger partial charge on any atom is -0.493 e. The molecule has 0 radical (unpaired) electrons. The number of halogens is 6. The number of pyridine rings is 1. The Bertz CT molecular complexity index is 1690. The third kappa shape index (κ3) is 7.38. The average Bonchev–Trinajstić information content (AvgIpc) is 3.03. The predicted molar refractivity (Wildman–Crippen MR) is 159 cm³/mol. The topological polar surface area (TPSA) is 87.2 Å². The summed E-state index contributed by atoms with van der Waals surface area (Å²) in [7, 11) is 1.40. The Balaban J connectivity index is 1.31. The maximum absolute atomic E-state index is 14.3. The zero-order valence-electron chi connectivity index (χ0n) is 24.3. The van der Waals surface area contributed by atoms with Crippen molar-refractivity contribution in [2.24, 2.45) is 0 Å². The second-order valence-corrected chi connectivity index (χ2v) is 10.3. The molecule has 0 bridgehead atoms. The van der Waals surface area contributed by atoms with Gasteiger partial charge in [0.15, 0.2) is 11.5 Å². The molecule has 0 atom stereocenters. The van der Waals surface area contributed by atoms with Gasteiger partial charge in [0.25, 0.3) is 0 Å². The van der Waals surface area contributed by atoms with Crippen LogP contribution < -0.4 is 24.6 Å². The second-order valence-electron chi connectivity index (χ2n) is 10.3. The van der Waals surface area contributed by atoms with Gasteiger partial charge in [0, 0.05) is 67.6 Å². The van der Waals surface area contributed by atoms with Gasteiger partial charge >= 0.3 is 18.3 Å². The molecule has 0 saturated carbocycles. The fraction of sp³-hybridized carbons (Fsp3) is 0.250. The van der Waals surface area contributed by atoms with Crippen LogP contribution in [0.1, 0.15) is 27.0 Å². The van der Waals surface area contributed by atoms with Crippen molar-refractivity contribution in [3.63, 3.8) is 0 Å². The van der Waals surface area contributed by atoms with Gasteiger partial charge < -0.3 is 29.7 Å². The molecule has 1 fully saturated rings. The molecule has 1 aliphatic heterocycles. The van der Waals surface area contributed by atoms with Crippen LogP contribution >= 0.6 is 0 Å². The summed E-state index contributed by atoms with van der Waals surface area (Å²) in [6.45, 7) is 1.20. The number of hydrogen-bond acceptors (Lipinski definition) is 7. The molecule has 0 aliphatic carbocycles. The Labute approximate surface area is 259 Å². The third-order valence-corrected chi connectivity index (χ3v) is 7.43. The fourth-order valence-corrected chi connectivity index (χ4v) is 5.06. The summed E-state index contributed by atoms with van der Waals surface area (Å²) < 4.78 is 93.5. The number of ether oxygens (including phenoxy) is 2. The molecule has 242 valence electrons. The van der Waals surface area contributed by atoms with Crippen LogP contribution in [-0.2, 0) is 18.9 Å². The number of aromatic nitrogens is 1. The molecule has 1 aliphatic rings. The van der Waals surface area contributed by atoms with Gasteiger partial charge in [-0.15, -0.1) is 0 Å². The average molecular weight is 647 g/mol. The maximum atomic E-state index is 14.3. The van der Waals surface area contributed by atoms with E-state index in [2.05, 4.69) is 10.3 Å². The normalized spacial score (nSPS) is 13.8. The van der Waals surface area contributed by atoms with E-state index in [4.69, 9.17) is 14.6 Å². The van der Waals surface area contributed by atoms with E-state index in [1.54, 1.807) is 40.1 Å². The van der Waals surface area contributed by atoms with Crippen molar-refractivity contribution in [3.8, 4) is 17.4 Å². The number of piperazine rings is 1. The SMILES string of the molecule is COc1cccc(CNc2ccc(N3CCN(c4cccc(C(F)(F)F)c4)CC3)cc2C(F)(F)F)c1Oc1ccc(C(=O)O)cn1. The highest BCUT2D eigenvalue weighted by Gasteiger charge is 2.35. The van der Waals surface area contributed by atoms with E-state index in [1.807, 2.05) is 0 Å². The molecule has 8 nitrogen and oxygen atoms in total. The van der Waals surface area contributed by atoms with Crippen LogP contribution in [0.5, 0.6) is 17.4 Å². The number of carboxylic acids is 1. The highest BCUT2D eigenvalue weighted by atomic mass is 19.4. The fourth-order valence-electron chi connectivity index (χ4n) is 5.06. The molecule has 5 rings (SSSR count). The third-order valence-electron chi connectivity index (χ3n) is 7.43. The van der Waals surface area contributed by atoms with E-state index in [-0.39, 0.29) is 29.4 Å². The van der Waals surface area contributed by atoms with Gasteiger partial charge in [0.1, 0.15) is 0 Å². The first kappa shape index (κ1) is 32.3. The smallest absolute Gasteiger partial charge is 0.418 e. The van der Waals surface area contributed by atoms with Crippen molar-refractivity contribution >= 4 is 23.0 Å². The lowest BCUT2D eigenvalue weighted by Gasteiger charge is -2.38. The summed E-state index contributed by atoms with van der Waals surface area (Å²) in [5.74, 6) is -0.620. The first-order chi connectivity index (χ1) is 21.8. The van der Waals surface area contributed by atoms with E-state index in [9.17, 15) is 31.1 Å². The molecule has 46 heavy (non-hydrogen) atoms. The molecular formula is C32H28F6N4O4. The number of benzene rings is 3. The van der Waals surface area contributed by atoms with E-state index < -0.39 is 29.4 Å². The number of alkyl halides is 6. The standard InChI is InChI=1S/C32H28F6N4O4/c1-45-27-7-2-4-20(29(27)46-28-11-8-21(19-40-28)30(43)44)18-39-26-10-9-24(17-25(26)32(36,37)38)42-14-12-41(13-15-42)23-6-3-5-22(16-23)31(33,34)35/h2-11,16-17,19,39H,12-15,18H2,1H3,(H,43,44). The number of aromatic carboxylic acids is 1. The van der Waals surface area contributed by atoms with Crippen LogP contribution in [0.25, 0.3) is 0 Å². The molecule has 0 amide bonds. The highest BCUT2D eigenvalue weighted by molar-refractivity contribution is 5.87. The zero-order chi connectivity index (χ0) is 33.1. The number of nitrogens with one attached hydrogen (secondary N) is 1. The minimum atomic E-state index is -4.69. The zero-order valence-corrected chi connectivity index (χ0v) is 24.3. The van der Waals surface area contributed by atoms with Gasteiger partial charge in [-0.1, -0.05) is 18.2 Å². The van der Waals surface area contributed by atoms with Crippen molar-refractivity contribution in [2.45, 2.75) is 18.9 Å². The number of anilines is 3. The first-order valence-electron chi connectivity index (χ1n) is 14.0. The molecule has 2 N–H and O–H groups in total. The number of methoxy groups -OCH3 is 1. The van der Waals surface area contributed by atoms with Crippen LogP contribution in [0, 0.1) is 0 Å². The lowest BCUT2D eigenvalue weighted by atomic mass is 10.1. The molecule has 0 unspecified atom stereocenters. The predicted octanol–water partition coefficient (Wildman–Crippen LogP) is 7.56. The van der Waals surface area contributed by atoms with Crippen molar-refractivity contribution < 1.29 is 45.7 Å². The van der Waals surface area contributed by atoms with E-state index in [0.29, 0.717) is 48.9 Å². The number of hydrogen-bond donors (Lipinski definition) is 2. The van der Waals surface area contributed by atoms with Gasteiger partial charge in [-0.25, -0.2) is 9.78 Å². The number of para-hydroxylation sites is 1. The molecular weight excluding hydrogens is 618 g/mol. The largest absolute Gasteiger partial charge is 0.493 e. The van der Waals surface area contributed by atoms with Crippen molar-refractivity contribution in [3.05, 3.63) is 101 Å². The first-order valence-corrected chi connectivity index (χ1v) is 14.0. The van der Waals surface area contributed by atoms with Crippen LogP contribution in [0.15, 0.2) is 79.0 Å². The Kier molecular flexibility index (Phi) is 9.17. The summed E-state index contributed by atoms with van der Waals surface area (Å²) in [4.78, 5) is 18.7. The quantitative estimate of drug-likeness (QED) is 0.180. The van der Waals surface area contributed by atoms with Gasteiger partial charge in [0.2, 0.25) is 5.88 Å². The Hall–Kier alpha value is -5.14. The maximum Gasteiger partial charge on any atom is 0.418 e. The Morgan fingerprint density at radius 1 is 0.870 bits per heavy atom. The van der Waals surface area contributed by atoms with Crippen LogP contribution in [0.2, 0.25) is 0 Å². The minimum absolute atomic E-state index is 0.0463. The summed E-state index contributed by atoms with van der Waals surface area (Å²) in [5.41, 5.74) is -0.676. The van der Waals surface area contributed by atoms with Gasteiger partial charge in [-0.2, -0.15) is 26.3 Å². The van der Waals surface area contributed by atoms with E-state index in [0.717, 1.165) is 24.4 Å². The molecule has 1 aromatic heterocycles. The number of carboxylic acid groups (broad SMARTS) is 1. The van der Waals surface area contributed by atoms with Crippen molar-refractivity contribution in [1.29, 1.82) is 0 Å². The van der Waals surface area contributed by atoms with Gasteiger partial charge in [0.05, 0.1) is 23.8 Å². The summed E-state index contributed by atoms with van der Waals surface area (Å²) >= 11 is 0. The Morgan fingerprint density at radius 2 is 1.54 bits per heavy atom. The summed E-state index contributed by atoms with van der Waals surface area (Å²) in [6, 6.07) is 16.5. The molecule has 1 saturated heterocycles. The lowest BCUT2D eigenvalue weighted by Crippen LogP contribution is -2.46. The van der Waals surface area contributed by atoms with Crippen LogP contribution in [-0.4, -0.2) is 49.3 Å². The lowest BCUT2D eigenvalue weighted by molar-refractivity contribution is -0.138. The second kappa shape index (κ2) is 13.1. The van der Waals surface area contributed by atoms with Crippen molar-refractivity contribution in [2.75, 3.05) is 48.4 Å². The molecule has 0 spiro atoms. The van der Waals surface area contributed by atoms with Gasteiger partial charge in [-0.05, 0) is 48.5 Å². The summed E-state index contributed by atoms with van der Waals surface area (Å²) in [6.07, 6.45) is -8.05.